The van der Waals surface area contributed by atoms with Crippen LogP contribution in [0, 0.1) is 5.92 Å². The van der Waals surface area contributed by atoms with E-state index in [-0.39, 0.29) is 11.8 Å². The van der Waals surface area contributed by atoms with Gasteiger partial charge in [0.15, 0.2) is 0 Å². The van der Waals surface area contributed by atoms with Gasteiger partial charge in [0.1, 0.15) is 11.5 Å². The van der Waals surface area contributed by atoms with Crippen LogP contribution in [0.4, 0.5) is 9.59 Å². The maximum absolute atomic E-state index is 13.1. The van der Waals surface area contributed by atoms with Gasteiger partial charge in [0.05, 0.1) is 11.2 Å². The monoisotopic (exact) mass is 482 g/mol. The van der Waals surface area contributed by atoms with Crippen molar-refractivity contribution in [1.29, 1.82) is 0 Å². The fourth-order valence-corrected chi connectivity index (χ4v) is 5.17. The molecule has 2 aliphatic carbocycles. The van der Waals surface area contributed by atoms with Crippen molar-refractivity contribution in [3.8, 4) is 17.4 Å². The van der Waals surface area contributed by atoms with Crippen LogP contribution in [-0.2, 0) is 12.0 Å². The molecule has 1 amide bonds. The molecule has 1 heterocycles. The summed E-state index contributed by atoms with van der Waals surface area (Å²) in [6.45, 7) is 4.04. The van der Waals surface area contributed by atoms with Crippen molar-refractivity contribution in [1.82, 2.24) is 10.3 Å². The van der Waals surface area contributed by atoms with Gasteiger partial charge in [0.25, 0.3) is 0 Å². The molecule has 1 N–H and O–H groups in total. The zero-order valence-corrected chi connectivity index (χ0v) is 20.1. The highest BCUT2D eigenvalue weighted by Crippen LogP contribution is 2.50. The Morgan fingerprint density at radius 2 is 1.61 bits per heavy atom. The molecule has 2 aromatic carbocycles. The van der Waals surface area contributed by atoms with Gasteiger partial charge in [-0.2, -0.15) is 0 Å². The average Bonchev–Trinajstić information content (AvgIpc) is 2.84. The molecule has 5 rings (SSSR count). The summed E-state index contributed by atoms with van der Waals surface area (Å²) >= 11 is 0. The van der Waals surface area contributed by atoms with Crippen molar-refractivity contribution >= 4 is 12.2 Å². The number of ether oxygens (including phenoxy) is 3. The molecule has 0 saturated heterocycles. The number of carbonyl (C=O) groups excluding carboxylic acids is 2. The maximum atomic E-state index is 13.1. The molecule has 36 heavy (non-hydrogen) atoms. The first-order valence-electron chi connectivity index (χ1n) is 11.8. The van der Waals surface area contributed by atoms with Crippen LogP contribution >= 0.6 is 0 Å². The van der Waals surface area contributed by atoms with Crippen molar-refractivity contribution < 1.29 is 23.8 Å². The van der Waals surface area contributed by atoms with Gasteiger partial charge in [0, 0.05) is 24.0 Å². The van der Waals surface area contributed by atoms with Gasteiger partial charge in [-0.15, -0.1) is 0 Å². The molecule has 7 heteroatoms. The summed E-state index contributed by atoms with van der Waals surface area (Å²) in [4.78, 5) is 30.0. The van der Waals surface area contributed by atoms with E-state index < -0.39 is 17.8 Å². The number of hydrogen-bond donors (Lipinski definition) is 1. The molecular formula is C29H26N2O5. The molecule has 2 bridgehead atoms. The number of amides is 1. The number of para-hydroxylation sites is 2. The van der Waals surface area contributed by atoms with E-state index in [1.54, 1.807) is 42.5 Å². The van der Waals surface area contributed by atoms with E-state index in [0.29, 0.717) is 24.3 Å². The van der Waals surface area contributed by atoms with E-state index in [2.05, 4.69) is 29.4 Å². The molecule has 182 valence electrons. The first-order valence-corrected chi connectivity index (χ1v) is 11.8. The number of rotatable bonds is 4. The lowest BCUT2D eigenvalue weighted by atomic mass is 9.63. The number of aromatic nitrogens is 1. The first-order chi connectivity index (χ1) is 17.5. The third kappa shape index (κ3) is 4.60. The van der Waals surface area contributed by atoms with Crippen LogP contribution in [0.3, 0.4) is 0 Å². The van der Waals surface area contributed by atoms with Gasteiger partial charge < -0.3 is 19.5 Å². The number of benzene rings is 2. The van der Waals surface area contributed by atoms with Crippen LogP contribution in [0.2, 0.25) is 0 Å². The highest BCUT2D eigenvalue weighted by Gasteiger charge is 2.48. The quantitative estimate of drug-likeness (QED) is 0.274. The number of carbonyl (C=O) groups is 2. The van der Waals surface area contributed by atoms with Crippen molar-refractivity contribution in [2.75, 3.05) is 0 Å². The zero-order valence-electron chi connectivity index (χ0n) is 20.1. The fourth-order valence-electron chi connectivity index (χ4n) is 5.17. The predicted octanol–water partition coefficient (Wildman–Crippen LogP) is 6.11. The molecule has 0 aliphatic heterocycles. The van der Waals surface area contributed by atoms with Gasteiger partial charge in [-0.1, -0.05) is 54.1 Å². The number of hydrogen-bond acceptors (Lipinski definition) is 6. The maximum Gasteiger partial charge on any atom is 0.520 e. The predicted molar refractivity (Wildman–Crippen MR) is 134 cm³/mol. The summed E-state index contributed by atoms with van der Waals surface area (Å²) < 4.78 is 16.2. The largest absolute Gasteiger partial charge is 0.520 e. The second kappa shape index (κ2) is 9.70. The van der Waals surface area contributed by atoms with Crippen LogP contribution < -0.4 is 19.5 Å². The average molecular weight is 483 g/mol. The standard InChI is InChI=1S/C29H26N2O5/c1-3-23-20-16-19(2)18-29(23,31-27(32)34-21-10-6-4-7-11-21)24-14-15-26(30-25(24)17-20)36-28(33)35-22-12-8-5-9-13-22/h3-16,20H,17-18H2,1-2H3,(H,31,32)/b23-3-. The van der Waals surface area contributed by atoms with E-state index in [4.69, 9.17) is 14.2 Å². The minimum Gasteiger partial charge on any atom is -0.410 e. The number of allylic oxidation sites excluding steroid dienone is 2. The highest BCUT2D eigenvalue weighted by molar-refractivity contribution is 5.74. The first kappa shape index (κ1) is 23.4. The number of nitrogens with zero attached hydrogens (tertiary/aromatic N) is 1. The third-order valence-electron chi connectivity index (χ3n) is 6.46. The minimum atomic E-state index is -0.867. The van der Waals surface area contributed by atoms with Crippen molar-refractivity contribution in [3.05, 3.63) is 107 Å². The minimum absolute atomic E-state index is 0.0484. The van der Waals surface area contributed by atoms with Crippen LogP contribution in [-0.4, -0.2) is 17.2 Å². The molecule has 0 radical (unpaired) electrons. The summed E-state index contributed by atoms with van der Waals surface area (Å²) in [7, 11) is 0. The topological polar surface area (TPSA) is 86.8 Å². The second-order valence-corrected chi connectivity index (χ2v) is 8.89. The Balaban J connectivity index is 1.44. The third-order valence-corrected chi connectivity index (χ3v) is 6.46. The summed E-state index contributed by atoms with van der Waals surface area (Å²) in [6, 6.07) is 21.1. The SMILES string of the molecule is C/C=C1/C2C=C(C)CC1(NC(=O)Oc1ccccc1)c1ccc(OC(=O)Oc3ccccc3)nc1C2. The van der Waals surface area contributed by atoms with E-state index in [9.17, 15) is 9.59 Å². The lowest BCUT2D eigenvalue weighted by Crippen LogP contribution is -2.54. The summed E-state index contributed by atoms with van der Waals surface area (Å²) in [5.74, 6) is 1.03. The number of fused-ring (bicyclic) bond motifs is 4. The summed E-state index contributed by atoms with van der Waals surface area (Å²) in [5.41, 5.74) is 3.05. The Kier molecular flexibility index (Phi) is 6.29. The van der Waals surface area contributed by atoms with Crippen molar-refractivity contribution in [3.63, 3.8) is 0 Å². The Morgan fingerprint density at radius 1 is 0.944 bits per heavy atom. The van der Waals surface area contributed by atoms with E-state index in [1.165, 1.54) is 5.57 Å². The van der Waals surface area contributed by atoms with Gasteiger partial charge in [0.2, 0.25) is 5.88 Å². The molecule has 0 fully saturated rings. The normalized spacial score (nSPS) is 21.1. The van der Waals surface area contributed by atoms with E-state index in [0.717, 1.165) is 16.8 Å². The van der Waals surface area contributed by atoms with E-state index >= 15 is 0 Å². The molecule has 2 unspecified atom stereocenters. The molecule has 0 saturated carbocycles. The van der Waals surface area contributed by atoms with Crippen LogP contribution in [0.25, 0.3) is 0 Å². The van der Waals surface area contributed by atoms with Gasteiger partial charge in [-0.05, 0) is 56.2 Å². The van der Waals surface area contributed by atoms with Gasteiger partial charge in [-0.25, -0.2) is 14.6 Å². The van der Waals surface area contributed by atoms with E-state index in [1.807, 2.05) is 37.3 Å². The highest BCUT2D eigenvalue weighted by atomic mass is 16.7. The van der Waals surface area contributed by atoms with Gasteiger partial charge >= 0.3 is 12.2 Å². The van der Waals surface area contributed by atoms with Crippen molar-refractivity contribution in [2.45, 2.75) is 32.2 Å². The lowest BCUT2D eigenvalue weighted by Gasteiger charge is -2.47. The van der Waals surface area contributed by atoms with Crippen LogP contribution in [0.5, 0.6) is 17.4 Å². The Hall–Kier alpha value is -4.39. The molecule has 1 aromatic heterocycles. The van der Waals surface area contributed by atoms with Gasteiger partial charge in [-0.3, -0.25) is 0 Å². The number of pyridine rings is 1. The molecule has 7 nitrogen and oxygen atoms in total. The molecule has 2 atom stereocenters. The van der Waals surface area contributed by atoms with Crippen LogP contribution in [0.1, 0.15) is 31.5 Å². The number of nitrogens with one attached hydrogen (secondary N) is 1. The Bertz CT molecular complexity index is 1350. The summed E-state index contributed by atoms with van der Waals surface area (Å²) in [5, 5.41) is 3.15. The lowest BCUT2D eigenvalue weighted by molar-refractivity contribution is 0.149. The molecule has 3 aromatic rings. The van der Waals surface area contributed by atoms with Crippen molar-refractivity contribution in [2.24, 2.45) is 5.92 Å². The zero-order chi connectivity index (χ0) is 25.1. The Labute approximate surface area is 209 Å². The molecular weight excluding hydrogens is 456 g/mol. The van der Waals surface area contributed by atoms with Crippen LogP contribution in [0.15, 0.2) is 96.1 Å². The smallest absolute Gasteiger partial charge is 0.410 e. The summed E-state index contributed by atoms with van der Waals surface area (Å²) in [6.07, 6.45) is 4.05. The fraction of sp³-hybridized carbons (Fsp3) is 0.207. The second-order valence-electron chi connectivity index (χ2n) is 8.89. The Morgan fingerprint density at radius 3 is 2.28 bits per heavy atom. The molecule has 0 spiro atoms. The molecule has 2 aliphatic rings.